The fourth-order valence-electron chi connectivity index (χ4n) is 1.96. The molecule has 3 nitrogen and oxygen atoms in total. The average molecular weight is 253 g/mol. The van der Waals surface area contributed by atoms with Crippen molar-refractivity contribution in [3.63, 3.8) is 0 Å². The summed E-state index contributed by atoms with van der Waals surface area (Å²) in [4.78, 5) is 6.39. The normalized spacial score (nSPS) is 12.7. The summed E-state index contributed by atoms with van der Waals surface area (Å²) in [5.74, 6) is 0.0703. The summed E-state index contributed by atoms with van der Waals surface area (Å²) in [6.07, 6.45) is 3.74. The molecule has 0 saturated heterocycles. The lowest BCUT2D eigenvalue weighted by Crippen LogP contribution is -2.25. The van der Waals surface area contributed by atoms with Crippen molar-refractivity contribution in [2.45, 2.75) is 39.7 Å². The van der Waals surface area contributed by atoms with Crippen molar-refractivity contribution in [1.29, 1.82) is 0 Å². The monoisotopic (exact) mass is 253 g/mol. The van der Waals surface area contributed by atoms with Gasteiger partial charge in [0.25, 0.3) is 0 Å². The summed E-state index contributed by atoms with van der Waals surface area (Å²) in [6.45, 7) is 9.70. The zero-order chi connectivity index (χ0) is 13.4. The Kier molecular flexibility index (Phi) is 6.65. The predicted octanol–water partition coefficient (Wildman–Crippen LogP) is 3.14. The summed E-state index contributed by atoms with van der Waals surface area (Å²) in [6, 6.07) is 3.27. The van der Waals surface area contributed by atoms with E-state index >= 15 is 0 Å². The molecule has 1 N–H and O–H groups in total. The van der Waals surface area contributed by atoms with E-state index in [0.717, 1.165) is 32.5 Å². The highest BCUT2D eigenvalue weighted by Crippen LogP contribution is 2.12. The fourth-order valence-corrected chi connectivity index (χ4v) is 1.96. The lowest BCUT2D eigenvalue weighted by Gasteiger charge is -2.20. The van der Waals surface area contributed by atoms with E-state index in [0.29, 0.717) is 5.82 Å². The van der Waals surface area contributed by atoms with Crippen LogP contribution in [0.25, 0.3) is 0 Å². The van der Waals surface area contributed by atoms with Crippen LogP contribution in [0.15, 0.2) is 18.3 Å². The molecule has 0 radical (unpaired) electrons. The lowest BCUT2D eigenvalue weighted by molar-refractivity contribution is 0.295. The van der Waals surface area contributed by atoms with E-state index in [2.05, 4.69) is 36.0 Å². The van der Waals surface area contributed by atoms with Gasteiger partial charge in [-0.2, -0.15) is 0 Å². The highest BCUT2D eigenvalue weighted by atomic mass is 19.1. The molecule has 1 aromatic heterocycles. The average Bonchev–Trinajstić information content (AvgIpc) is 2.37. The smallest absolute Gasteiger partial charge is 0.165 e. The Morgan fingerprint density at radius 1 is 1.39 bits per heavy atom. The summed E-state index contributed by atoms with van der Waals surface area (Å²) < 4.78 is 13.4. The standard InChI is InChI=1S/C14H24FN3/c1-4-18(5-2)11-7-8-12(3)17-14-13(15)9-6-10-16-14/h6,9-10,12H,4-5,7-8,11H2,1-3H3,(H,16,17). The number of aromatic nitrogens is 1. The second-order valence-corrected chi connectivity index (χ2v) is 4.55. The predicted molar refractivity (Wildman–Crippen MR) is 74.3 cm³/mol. The van der Waals surface area contributed by atoms with E-state index in [-0.39, 0.29) is 11.9 Å². The molecule has 0 saturated carbocycles. The molecule has 0 aliphatic rings. The van der Waals surface area contributed by atoms with Gasteiger partial charge in [-0.1, -0.05) is 13.8 Å². The lowest BCUT2D eigenvalue weighted by atomic mass is 10.1. The quantitative estimate of drug-likeness (QED) is 0.771. The van der Waals surface area contributed by atoms with Crippen LogP contribution in [0.4, 0.5) is 10.2 Å². The Balaban J connectivity index is 2.30. The van der Waals surface area contributed by atoms with E-state index in [4.69, 9.17) is 0 Å². The van der Waals surface area contributed by atoms with Crippen molar-refractivity contribution in [2.24, 2.45) is 0 Å². The van der Waals surface area contributed by atoms with Crippen LogP contribution in [0.1, 0.15) is 33.6 Å². The molecule has 1 unspecified atom stereocenters. The van der Waals surface area contributed by atoms with Crippen LogP contribution < -0.4 is 5.32 Å². The van der Waals surface area contributed by atoms with E-state index in [9.17, 15) is 4.39 Å². The molecular formula is C14H24FN3. The van der Waals surface area contributed by atoms with Gasteiger partial charge in [0.05, 0.1) is 0 Å². The maximum Gasteiger partial charge on any atom is 0.165 e. The van der Waals surface area contributed by atoms with Gasteiger partial charge in [-0.05, 0) is 51.5 Å². The van der Waals surface area contributed by atoms with Crippen molar-refractivity contribution in [2.75, 3.05) is 25.0 Å². The van der Waals surface area contributed by atoms with E-state index < -0.39 is 0 Å². The molecule has 1 atom stereocenters. The van der Waals surface area contributed by atoms with Gasteiger partial charge < -0.3 is 10.2 Å². The van der Waals surface area contributed by atoms with Gasteiger partial charge in [-0.25, -0.2) is 9.37 Å². The maximum atomic E-state index is 13.4. The summed E-state index contributed by atoms with van der Waals surface area (Å²) >= 11 is 0. The highest BCUT2D eigenvalue weighted by molar-refractivity contribution is 5.36. The van der Waals surface area contributed by atoms with Crippen LogP contribution in [0.5, 0.6) is 0 Å². The van der Waals surface area contributed by atoms with Crippen LogP contribution in [0.3, 0.4) is 0 Å². The van der Waals surface area contributed by atoms with Gasteiger partial charge in [-0.3, -0.25) is 0 Å². The first-order valence-corrected chi connectivity index (χ1v) is 6.76. The second-order valence-electron chi connectivity index (χ2n) is 4.55. The molecule has 18 heavy (non-hydrogen) atoms. The van der Waals surface area contributed by atoms with E-state index in [1.807, 2.05) is 0 Å². The summed E-state index contributed by atoms with van der Waals surface area (Å²) in [5, 5.41) is 3.12. The molecule has 0 aromatic carbocycles. The van der Waals surface area contributed by atoms with Gasteiger partial charge in [-0.15, -0.1) is 0 Å². The highest BCUT2D eigenvalue weighted by Gasteiger charge is 2.07. The van der Waals surface area contributed by atoms with Crippen molar-refractivity contribution in [3.05, 3.63) is 24.1 Å². The summed E-state index contributed by atoms with van der Waals surface area (Å²) in [7, 11) is 0. The largest absolute Gasteiger partial charge is 0.365 e. The molecule has 1 rings (SSSR count). The third kappa shape index (κ3) is 5.00. The number of hydrogen-bond acceptors (Lipinski definition) is 3. The minimum Gasteiger partial charge on any atom is -0.365 e. The Labute approximate surface area is 109 Å². The number of nitrogens with zero attached hydrogens (tertiary/aromatic N) is 2. The molecule has 0 aliphatic carbocycles. The van der Waals surface area contributed by atoms with Gasteiger partial charge in [0.15, 0.2) is 11.6 Å². The molecule has 0 aliphatic heterocycles. The SMILES string of the molecule is CCN(CC)CCCC(C)Nc1ncccc1F. The zero-order valence-corrected chi connectivity index (χ0v) is 11.6. The minimum absolute atomic E-state index is 0.241. The van der Waals surface area contributed by atoms with Crippen molar-refractivity contribution < 1.29 is 4.39 Å². The zero-order valence-electron chi connectivity index (χ0n) is 11.6. The second kappa shape index (κ2) is 8.03. The molecule has 102 valence electrons. The first kappa shape index (κ1) is 14.9. The summed E-state index contributed by atoms with van der Waals surface area (Å²) in [5.41, 5.74) is 0. The van der Waals surface area contributed by atoms with Gasteiger partial charge in [0.2, 0.25) is 0 Å². The molecular weight excluding hydrogens is 229 g/mol. The van der Waals surface area contributed by atoms with Crippen molar-refractivity contribution in [3.8, 4) is 0 Å². The molecule has 0 amide bonds. The molecule has 0 bridgehead atoms. The Morgan fingerprint density at radius 3 is 2.72 bits per heavy atom. The maximum absolute atomic E-state index is 13.4. The molecule has 4 heteroatoms. The van der Waals surface area contributed by atoms with E-state index in [1.54, 1.807) is 12.3 Å². The van der Waals surface area contributed by atoms with E-state index in [1.165, 1.54) is 6.07 Å². The van der Waals surface area contributed by atoms with Gasteiger partial charge in [0, 0.05) is 12.2 Å². The number of nitrogens with one attached hydrogen (secondary N) is 1. The van der Waals surface area contributed by atoms with Crippen LogP contribution >= 0.6 is 0 Å². The van der Waals surface area contributed by atoms with Crippen molar-refractivity contribution in [1.82, 2.24) is 9.88 Å². The molecule has 1 heterocycles. The van der Waals surface area contributed by atoms with Crippen LogP contribution in [-0.4, -0.2) is 35.6 Å². The van der Waals surface area contributed by atoms with Crippen LogP contribution in [-0.2, 0) is 0 Å². The number of halogens is 1. The van der Waals surface area contributed by atoms with Gasteiger partial charge in [0.1, 0.15) is 0 Å². The third-order valence-electron chi connectivity index (χ3n) is 3.15. The van der Waals surface area contributed by atoms with Crippen LogP contribution in [0.2, 0.25) is 0 Å². The Bertz CT molecular complexity index is 340. The first-order chi connectivity index (χ1) is 8.67. The number of hydrogen-bond donors (Lipinski definition) is 1. The number of pyridine rings is 1. The fraction of sp³-hybridized carbons (Fsp3) is 0.643. The Morgan fingerprint density at radius 2 is 2.11 bits per heavy atom. The number of anilines is 1. The van der Waals surface area contributed by atoms with Gasteiger partial charge >= 0.3 is 0 Å². The molecule has 1 aromatic rings. The first-order valence-electron chi connectivity index (χ1n) is 6.76. The molecule has 0 spiro atoms. The number of rotatable bonds is 8. The van der Waals surface area contributed by atoms with Crippen molar-refractivity contribution >= 4 is 5.82 Å². The molecule has 0 fully saturated rings. The topological polar surface area (TPSA) is 28.2 Å². The Hall–Kier alpha value is -1.16. The minimum atomic E-state index is -0.284. The third-order valence-corrected chi connectivity index (χ3v) is 3.15. The van der Waals surface area contributed by atoms with Crippen LogP contribution in [0, 0.1) is 5.82 Å².